The molecule has 0 saturated heterocycles. The van der Waals surface area contributed by atoms with Crippen LogP contribution in [-0.2, 0) is 6.54 Å². The van der Waals surface area contributed by atoms with Crippen molar-refractivity contribution in [2.24, 2.45) is 0 Å². The fourth-order valence-electron chi connectivity index (χ4n) is 2.28. The highest BCUT2D eigenvalue weighted by atomic mass is 19.1. The summed E-state index contributed by atoms with van der Waals surface area (Å²) in [7, 11) is 1.96. The third kappa shape index (κ3) is 3.60. The average molecular weight is 312 g/mol. The Labute approximate surface area is 133 Å². The molecule has 23 heavy (non-hydrogen) atoms. The first-order valence-corrected chi connectivity index (χ1v) is 7.32. The molecule has 0 aliphatic rings. The molecule has 1 aromatic carbocycles. The van der Waals surface area contributed by atoms with E-state index in [0.717, 1.165) is 11.1 Å². The van der Waals surface area contributed by atoms with Gasteiger partial charge in [0.25, 0.3) is 0 Å². The van der Waals surface area contributed by atoms with Crippen molar-refractivity contribution in [3.63, 3.8) is 0 Å². The number of benzene rings is 1. The van der Waals surface area contributed by atoms with Crippen LogP contribution in [0, 0.1) is 5.82 Å². The van der Waals surface area contributed by atoms with Crippen LogP contribution in [0.15, 0.2) is 53.3 Å². The van der Waals surface area contributed by atoms with E-state index in [4.69, 9.17) is 4.52 Å². The monoisotopic (exact) mass is 312 g/mol. The maximum Gasteiger partial charge on any atom is 0.241 e. The minimum absolute atomic E-state index is 0.101. The summed E-state index contributed by atoms with van der Waals surface area (Å²) in [6.45, 7) is 2.55. The van der Waals surface area contributed by atoms with Crippen LogP contribution in [0.2, 0.25) is 0 Å². The number of rotatable bonds is 5. The van der Waals surface area contributed by atoms with Gasteiger partial charge in [-0.2, -0.15) is 4.98 Å². The summed E-state index contributed by atoms with van der Waals surface area (Å²) in [4.78, 5) is 10.5. The SMILES string of the molecule is CC(c1ccc(F)cc1)N(C)Cc1nc(-c2cccnc2)no1. The Balaban J connectivity index is 1.69. The Bertz CT molecular complexity index is 758. The van der Waals surface area contributed by atoms with Gasteiger partial charge in [0.15, 0.2) is 0 Å². The summed E-state index contributed by atoms with van der Waals surface area (Å²) in [5.41, 5.74) is 1.85. The van der Waals surface area contributed by atoms with Crippen molar-refractivity contribution in [1.29, 1.82) is 0 Å². The van der Waals surface area contributed by atoms with Crippen molar-refractivity contribution >= 4 is 0 Å². The predicted octanol–water partition coefficient (Wildman–Crippen LogP) is 3.46. The quantitative estimate of drug-likeness (QED) is 0.722. The van der Waals surface area contributed by atoms with Gasteiger partial charge in [0.05, 0.1) is 6.54 Å². The van der Waals surface area contributed by atoms with Gasteiger partial charge in [0.2, 0.25) is 11.7 Å². The molecule has 3 aromatic rings. The van der Waals surface area contributed by atoms with Crippen molar-refractivity contribution < 1.29 is 8.91 Å². The molecule has 0 radical (unpaired) electrons. The molecule has 2 aromatic heterocycles. The lowest BCUT2D eigenvalue weighted by Gasteiger charge is -2.23. The maximum atomic E-state index is 13.0. The fraction of sp³-hybridized carbons (Fsp3) is 0.235. The van der Waals surface area contributed by atoms with Gasteiger partial charge in [-0.05, 0) is 43.8 Å². The van der Waals surface area contributed by atoms with Crippen molar-refractivity contribution in [3.8, 4) is 11.4 Å². The van der Waals surface area contributed by atoms with E-state index in [-0.39, 0.29) is 11.9 Å². The van der Waals surface area contributed by atoms with Gasteiger partial charge in [-0.3, -0.25) is 9.88 Å². The average Bonchev–Trinajstić information content (AvgIpc) is 3.04. The second-order valence-electron chi connectivity index (χ2n) is 5.40. The van der Waals surface area contributed by atoms with Crippen LogP contribution in [0.1, 0.15) is 24.4 Å². The molecule has 0 aliphatic carbocycles. The first-order chi connectivity index (χ1) is 11.1. The van der Waals surface area contributed by atoms with Crippen molar-refractivity contribution in [2.75, 3.05) is 7.05 Å². The van der Waals surface area contributed by atoms with Gasteiger partial charge in [0, 0.05) is 24.0 Å². The zero-order chi connectivity index (χ0) is 16.2. The molecule has 5 nitrogen and oxygen atoms in total. The summed E-state index contributed by atoms with van der Waals surface area (Å²) >= 11 is 0. The third-order valence-electron chi connectivity index (χ3n) is 3.79. The largest absolute Gasteiger partial charge is 0.338 e. The van der Waals surface area contributed by atoms with Gasteiger partial charge < -0.3 is 4.52 Å². The van der Waals surface area contributed by atoms with Crippen LogP contribution in [0.3, 0.4) is 0 Å². The van der Waals surface area contributed by atoms with Crippen LogP contribution in [0.4, 0.5) is 4.39 Å². The first kappa shape index (κ1) is 15.3. The number of hydrogen-bond acceptors (Lipinski definition) is 5. The van der Waals surface area contributed by atoms with E-state index in [2.05, 4.69) is 20.0 Å². The Morgan fingerprint density at radius 2 is 2.00 bits per heavy atom. The van der Waals surface area contributed by atoms with Crippen LogP contribution >= 0.6 is 0 Å². The highest BCUT2D eigenvalue weighted by molar-refractivity contribution is 5.51. The molecule has 6 heteroatoms. The fourth-order valence-corrected chi connectivity index (χ4v) is 2.28. The Morgan fingerprint density at radius 1 is 1.22 bits per heavy atom. The molecule has 3 rings (SSSR count). The molecule has 0 N–H and O–H groups in total. The number of nitrogens with zero attached hydrogens (tertiary/aromatic N) is 4. The highest BCUT2D eigenvalue weighted by Gasteiger charge is 2.16. The van der Waals surface area contributed by atoms with Crippen LogP contribution in [0.25, 0.3) is 11.4 Å². The molecule has 118 valence electrons. The lowest BCUT2D eigenvalue weighted by molar-refractivity contribution is 0.216. The van der Waals surface area contributed by atoms with E-state index in [1.165, 1.54) is 12.1 Å². The van der Waals surface area contributed by atoms with Crippen molar-refractivity contribution in [2.45, 2.75) is 19.5 Å². The van der Waals surface area contributed by atoms with E-state index >= 15 is 0 Å². The zero-order valence-electron chi connectivity index (χ0n) is 13.0. The number of aromatic nitrogens is 3. The van der Waals surface area contributed by atoms with Gasteiger partial charge in [-0.1, -0.05) is 17.3 Å². The number of pyridine rings is 1. The van der Waals surface area contributed by atoms with Crippen molar-refractivity contribution in [1.82, 2.24) is 20.0 Å². The first-order valence-electron chi connectivity index (χ1n) is 7.32. The number of halogens is 1. The summed E-state index contributed by atoms with van der Waals surface area (Å²) < 4.78 is 18.3. The summed E-state index contributed by atoms with van der Waals surface area (Å²) in [6.07, 6.45) is 3.39. The molecule has 0 amide bonds. The van der Waals surface area contributed by atoms with E-state index in [1.807, 2.05) is 26.1 Å². The molecular weight excluding hydrogens is 295 g/mol. The molecule has 1 unspecified atom stereocenters. The minimum atomic E-state index is -0.235. The second-order valence-corrected chi connectivity index (χ2v) is 5.40. The van der Waals surface area contributed by atoms with Crippen LogP contribution < -0.4 is 0 Å². The minimum Gasteiger partial charge on any atom is -0.338 e. The van der Waals surface area contributed by atoms with E-state index in [1.54, 1.807) is 24.5 Å². The standard InChI is InChI=1S/C17H17FN4O/c1-12(13-5-7-15(18)8-6-13)22(2)11-16-20-17(21-23-16)14-4-3-9-19-10-14/h3-10,12H,11H2,1-2H3. The lowest BCUT2D eigenvalue weighted by Crippen LogP contribution is -2.22. The maximum absolute atomic E-state index is 13.0. The lowest BCUT2D eigenvalue weighted by atomic mass is 10.1. The molecule has 0 bridgehead atoms. The summed E-state index contributed by atoms with van der Waals surface area (Å²) in [5.74, 6) is 0.817. The topological polar surface area (TPSA) is 55.1 Å². The Morgan fingerprint density at radius 3 is 2.70 bits per heavy atom. The van der Waals surface area contributed by atoms with Crippen molar-refractivity contribution in [3.05, 3.63) is 66.1 Å². The van der Waals surface area contributed by atoms with Gasteiger partial charge in [0.1, 0.15) is 5.82 Å². The summed E-state index contributed by atoms with van der Waals surface area (Å²) in [5, 5.41) is 3.98. The molecule has 0 spiro atoms. The molecule has 2 heterocycles. The third-order valence-corrected chi connectivity index (χ3v) is 3.79. The second kappa shape index (κ2) is 6.66. The van der Waals surface area contributed by atoms with E-state index in [9.17, 15) is 4.39 Å². The van der Waals surface area contributed by atoms with Gasteiger partial charge in [-0.25, -0.2) is 4.39 Å². The number of hydrogen-bond donors (Lipinski definition) is 0. The Hall–Kier alpha value is -2.60. The summed E-state index contributed by atoms with van der Waals surface area (Å²) in [6, 6.07) is 10.3. The molecule has 1 atom stereocenters. The highest BCUT2D eigenvalue weighted by Crippen LogP contribution is 2.21. The zero-order valence-corrected chi connectivity index (χ0v) is 13.0. The smallest absolute Gasteiger partial charge is 0.241 e. The molecular formula is C17H17FN4O. The predicted molar refractivity (Wildman–Crippen MR) is 83.8 cm³/mol. The molecule has 0 fully saturated rings. The Kier molecular flexibility index (Phi) is 4.43. The van der Waals surface area contributed by atoms with E-state index < -0.39 is 0 Å². The van der Waals surface area contributed by atoms with E-state index in [0.29, 0.717) is 18.3 Å². The molecule has 0 saturated carbocycles. The van der Waals surface area contributed by atoms with Gasteiger partial charge >= 0.3 is 0 Å². The van der Waals surface area contributed by atoms with Gasteiger partial charge in [-0.15, -0.1) is 0 Å². The normalized spacial score (nSPS) is 12.5. The van der Waals surface area contributed by atoms with Crippen LogP contribution in [-0.4, -0.2) is 27.1 Å². The molecule has 0 aliphatic heterocycles. The van der Waals surface area contributed by atoms with Crippen LogP contribution in [0.5, 0.6) is 0 Å².